The van der Waals surface area contributed by atoms with Gasteiger partial charge < -0.3 is 10.4 Å². The van der Waals surface area contributed by atoms with E-state index in [9.17, 15) is 9.50 Å². The molecule has 15 heavy (non-hydrogen) atoms. The summed E-state index contributed by atoms with van der Waals surface area (Å²) in [4.78, 5) is 0. The Morgan fingerprint density at radius 1 is 1.33 bits per heavy atom. The normalized spacial score (nSPS) is 12.6. The number of halogens is 4. The Hall–Kier alpha value is -0.220. The number of aliphatic hydroxyl groups is 1. The van der Waals surface area contributed by atoms with Gasteiger partial charge in [0.2, 0.25) is 0 Å². The molecule has 0 aromatic heterocycles. The van der Waals surface area contributed by atoms with E-state index in [1.54, 1.807) is 0 Å². The second-order valence-corrected chi connectivity index (χ2v) is 3.98. The minimum Gasteiger partial charge on any atom is -0.390 e. The Morgan fingerprint density at radius 2 is 2.00 bits per heavy atom. The SMILES string of the molecule is OC(CCl)CNc1ccc(F)c(Cl)c1Cl. The van der Waals surface area contributed by atoms with Crippen LogP contribution >= 0.6 is 34.8 Å². The number of hydrogen-bond donors (Lipinski definition) is 2. The molecule has 1 aromatic carbocycles. The van der Waals surface area contributed by atoms with Crippen LogP contribution in [0.2, 0.25) is 10.0 Å². The molecular weight excluding hydrogens is 263 g/mol. The third-order valence-corrected chi connectivity index (χ3v) is 2.96. The Kier molecular flexibility index (Phi) is 4.93. The molecule has 0 heterocycles. The summed E-state index contributed by atoms with van der Waals surface area (Å²) in [7, 11) is 0. The zero-order valence-corrected chi connectivity index (χ0v) is 9.87. The highest BCUT2D eigenvalue weighted by Crippen LogP contribution is 2.31. The lowest BCUT2D eigenvalue weighted by atomic mass is 10.3. The molecule has 1 unspecified atom stereocenters. The third-order valence-electron chi connectivity index (χ3n) is 1.74. The van der Waals surface area contributed by atoms with Gasteiger partial charge in [-0.25, -0.2) is 4.39 Å². The lowest BCUT2D eigenvalue weighted by Crippen LogP contribution is -2.20. The van der Waals surface area contributed by atoms with Crippen molar-refractivity contribution in [2.45, 2.75) is 6.10 Å². The largest absolute Gasteiger partial charge is 0.390 e. The van der Waals surface area contributed by atoms with Crippen molar-refractivity contribution in [2.75, 3.05) is 17.7 Å². The average Bonchev–Trinajstić information content (AvgIpc) is 2.24. The van der Waals surface area contributed by atoms with E-state index in [1.807, 2.05) is 0 Å². The van der Waals surface area contributed by atoms with Gasteiger partial charge in [-0.3, -0.25) is 0 Å². The second-order valence-electron chi connectivity index (χ2n) is 2.91. The first-order valence-corrected chi connectivity index (χ1v) is 5.46. The van der Waals surface area contributed by atoms with E-state index >= 15 is 0 Å². The van der Waals surface area contributed by atoms with E-state index in [4.69, 9.17) is 34.8 Å². The highest BCUT2D eigenvalue weighted by Gasteiger charge is 2.10. The number of aliphatic hydroxyl groups excluding tert-OH is 1. The van der Waals surface area contributed by atoms with Crippen LogP contribution in [-0.4, -0.2) is 23.6 Å². The van der Waals surface area contributed by atoms with Gasteiger partial charge >= 0.3 is 0 Å². The number of anilines is 1. The Balaban J connectivity index is 2.74. The topological polar surface area (TPSA) is 32.3 Å². The van der Waals surface area contributed by atoms with Crippen molar-refractivity contribution in [3.63, 3.8) is 0 Å². The number of alkyl halides is 1. The lowest BCUT2D eigenvalue weighted by molar-refractivity contribution is 0.211. The summed E-state index contributed by atoms with van der Waals surface area (Å²) in [5.74, 6) is -0.468. The molecule has 6 heteroatoms. The number of benzene rings is 1. The summed E-state index contributed by atoms with van der Waals surface area (Å²) < 4.78 is 12.9. The first-order chi connectivity index (χ1) is 7.06. The molecular formula is C9H9Cl3FNO. The zero-order valence-electron chi connectivity index (χ0n) is 7.61. The fraction of sp³-hybridized carbons (Fsp3) is 0.333. The summed E-state index contributed by atoms with van der Waals surface area (Å²) >= 11 is 16.8. The van der Waals surface area contributed by atoms with Crippen LogP contribution in [0.1, 0.15) is 0 Å². The molecule has 0 bridgehead atoms. The molecule has 84 valence electrons. The van der Waals surface area contributed by atoms with Crippen molar-refractivity contribution in [1.29, 1.82) is 0 Å². The maximum absolute atomic E-state index is 12.9. The molecule has 0 saturated heterocycles. The van der Waals surface area contributed by atoms with E-state index in [2.05, 4.69) is 5.32 Å². The Labute approximate surface area is 102 Å². The summed E-state index contributed by atoms with van der Waals surface area (Å²) in [6.07, 6.45) is -0.688. The summed E-state index contributed by atoms with van der Waals surface area (Å²) in [5, 5.41) is 12.0. The van der Waals surface area contributed by atoms with Crippen LogP contribution in [0.5, 0.6) is 0 Å². The number of nitrogens with one attached hydrogen (secondary N) is 1. The van der Waals surface area contributed by atoms with Crippen LogP contribution in [0, 0.1) is 5.82 Å². The van der Waals surface area contributed by atoms with Crippen molar-refractivity contribution in [3.05, 3.63) is 28.0 Å². The van der Waals surface area contributed by atoms with Crippen LogP contribution in [0.4, 0.5) is 10.1 Å². The van der Waals surface area contributed by atoms with Crippen LogP contribution in [0.25, 0.3) is 0 Å². The molecule has 2 nitrogen and oxygen atoms in total. The van der Waals surface area contributed by atoms with Gasteiger partial charge in [0.25, 0.3) is 0 Å². The van der Waals surface area contributed by atoms with Crippen LogP contribution in [-0.2, 0) is 0 Å². The minimum absolute atomic E-state index is 0.0958. The predicted octanol–water partition coefficient (Wildman–Crippen LogP) is 3.14. The first-order valence-electron chi connectivity index (χ1n) is 4.17. The van der Waals surface area contributed by atoms with Crippen molar-refractivity contribution in [3.8, 4) is 0 Å². The van der Waals surface area contributed by atoms with Crippen LogP contribution in [0.15, 0.2) is 12.1 Å². The fourth-order valence-corrected chi connectivity index (χ4v) is 1.44. The van der Waals surface area contributed by atoms with Crippen LogP contribution < -0.4 is 5.32 Å². The second kappa shape index (κ2) is 5.75. The van der Waals surface area contributed by atoms with Gasteiger partial charge in [0.1, 0.15) is 5.82 Å². The maximum atomic E-state index is 12.9. The Morgan fingerprint density at radius 3 is 2.60 bits per heavy atom. The average molecular weight is 273 g/mol. The van der Waals surface area contributed by atoms with Crippen molar-refractivity contribution < 1.29 is 9.50 Å². The van der Waals surface area contributed by atoms with E-state index in [0.29, 0.717) is 5.69 Å². The Bertz CT molecular complexity index is 348. The molecule has 0 aliphatic carbocycles. The smallest absolute Gasteiger partial charge is 0.143 e. The molecule has 2 N–H and O–H groups in total. The molecule has 0 spiro atoms. The van der Waals surface area contributed by atoms with E-state index in [1.165, 1.54) is 12.1 Å². The molecule has 0 aliphatic rings. The quantitative estimate of drug-likeness (QED) is 0.652. The van der Waals surface area contributed by atoms with Gasteiger partial charge in [-0.1, -0.05) is 23.2 Å². The van der Waals surface area contributed by atoms with Gasteiger partial charge in [-0.2, -0.15) is 0 Å². The fourth-order valence-electron chi connectivity index (χ4n) is 0.945. The monoisotopic (exact) mass is 271 g/mol. The highest BCUT2D eigenvalue weighted by atomic mass is 35.5. The minimum atomic E-state index is -0.688. The molecule has 1 atom stereocenters. The van der Waals surface area contributed by atoms with Gasteiger partial charge in [0.15, 0.2) is 0 Å². The van der Waals surface area contributed by atoms with E-state index in [-0.39, 0.29) is 22.5 Å². The molecule has 0 radical (unpaired) electrons. The van der Waals surface area contributed by atoms with E-state index in [0.717, 1.165) is 0 Å². The van der Waals surface area contributed by atoms with E-state index < -0.39 is 11.9 Å². The summed E-state index contributed by atoms with van der Waals surface area (Å²) in [6.45, 7) is 0.227. The standard InChI is InChI=1S/C9H9Cl3FNO/c10-3-5(15)4-14-7-2-1-6(13)8(11)9(7)12/h1-2,5,14-15H,3-4H2. The maximum Gasteiger partial charge on any atom is 0.143 e. The van der Waals surface area contributed by atoms with Crippen molar-refractivity contribution in [1.82, 2.24) is 0 Å². The summed E-state index contributed by atoms with van der Waals surface area (Å²) in [6, 6.07) is 2.65. The molecule has 1 aromatic rings. The van der Waals surface area contributed by atoms with Gasteiger partial charge in [-0.05, 0) is 12.1 Å². The van der Waals surface area contributed by atoms with Crippen molar-refractivity contribution in [2.24, 2.45) is 0 Å². The van der Waals surface area contributed by atoms with Gasteiger partial charge in [0, 0.05) is 6.54 Å². The van der Waals surface area contributed by atoms with Crippen molar-refractivity contribution >= 4 is 40.5 Å². The van der Waals surface area contributed by atoms with Gasteiger partial charge in [0.05, 0.1) is 27.7 Å². The molecule has 0 aliphatic heterocycles. The number of hydrogen-bond acceptors (Lipinski definition) is 2. The lowest BCUT2D eigenvalue weighted by Gasteiger charge is -2.12. The molecule has 1 rings (SSSR count). The predicted molar refractivity (Wildman–Crippen MR) is 61.6 cm³/mol. The van der Waals surface area contributed by atoms with Gasteiger partial charge in [-0.15, -0.1) is 11.6 Å². The highest BCUT2D eigenvalue weighted by molar-refractivity contribution is 6.43. The molecule has 0 fully saturated rings. The third kappa shape index (κ3) is 3.38. The number of rotatable bonds is 4. The molecule has 0 amide bonds. The zero-order chi connectivity index (χ0) is 11.4. The molecule has 0 saturated carbocycles. The van der Waals surface area contributed by atoms with Crippen LogP contribution in [0.3, 0.4) is 0 Å². The first kappa shape index (κ1) is 12.8. The summed E-state index contributed by atoms with van der Waals surface area (Å²) in [5.41, 5.74) is 0.465.